The lowest BCUT2D eigenvalue weighted by Gasteiger charge is -2.33. The summed E-state index contributed by atoms with van der Waals surface area (Å²) in [4.78, 5) is 54.6. The van der Waals surface area contributed by atoms with Crippen LogP contribution in [0.5, 0.6) is 0 Å². The lowest BCUT2D eigenvalue weighted by Crippen LogP contribution is -2.52. The number of hydrogen-bond donors (Lipinski definition) is 1. The van der Waals surface area contributed by atoms with Gasteiger partial charge < -0.3 is 19.7 Å². The standard InChI is InChI=1S/C27H31N3O5/c1-18(2)13-23(29(3)26(34)35-16-19-9-5-4-6-10-19)24(32)30-17-27(14-20(30)15-31)21-11-7-8-12-22(21)28-25(27)33/h4-12,15,18,20,23H,13-14,16-17H2,1-3H3,(H,28,33)/t20-,23-,27-/m0/s1. The highest BCUT2D eigenvalue weighted by Gasteiger charge is 2.56. The van der Waals surface area contributed by atoms with Gasteiger partial charge in [0.05, 0.1) is 11.5 Å². The number of aldehydes is 1. The van der Waals surface area contributed by atoms with Crippen LogP contribution in [-0.4, -0.2) is 59.7 Å². The highest BCUT2D eigenvalue weighted by Crippen LogP contribution is 2.46. The first-order chi connectivity index (χ1) is 16.8. The molecule has 0 aromatic heterocycles. The second-order valence-electron chi connectivity index (χ2n) is 9.75. The average Bonchev–Trinajstić information content (AvgIpc) is 3.39. The van der Waals surface area contributed by atoms with E-state index in [-0.39, 0.29) is 37.3 Å². The third kappa shape index (κ3) is 4.65. The zero-order valence-corrected chi connectivity index (χ0v) is 20.3. The molecule has 2 aromatic carbocycles. The molecule has 0 bridgehead atoms. The highest BCUT2D eigenvalue weighted by molar-refractivity contribution is 6.07. The molecule has 3 atom stereocenters. The summed E-state index contributed by atoms with van der Waals surface area (Å²) in [5.41, 5.74) is 1.36. The van der Waals surface area contributed by atoms with E-state index in [0.717, 1.165) is 17.4 Å². The summed E-state index contributed by atoms with van der Waals surface area (Å²) in [7, 11) is 1.54. The maximum atomic E-state index is 13.8. The molecule has 2 aliphatic rings. The Morgan fingerprint density at radius 3 is 2.54 bits per heavy atom. The zero-order valence-electron chi connectivity index (χ0n) is 20.3. The summed E-state index contributed by atoms with van der Waals surface area (Å²) in [5.74, 6) is -0.462. The predicted molar refractivity (Wildman–Crippen MR) is 131 cm³/mol. The van der Waals surface area contributed by atoms with Gasteiger partial charge in [0.2, 0.25) is 11.8 Å². The number of fused-ring (bicyclic) bond motifs is 2. The van der Waals surface area contributed by atoms with Gasteiger partial charge >= 0.3 is 6.09 Å². The van der Waals surface area contributed by atoms with Crippen LogP contribution >= 0.6 is 0 Å². The number of carbonyl (C=O) groups is 4. The number of anilines is 1. The molecule has 1 fully saturated rings. The summed E-state index contributed by atoms with van der Waals surface area (Å²) in [6.45, 7) is 4.10. The Hall–Kier alpha value is -3.68. The number of likely N-dealkylation sites (N-methyl/N-ethyl adjacent to an activating group) is 1. The van der Waals surface area contributed by atoms with E-state index in [1.807, 2.05) is 68.4 Å². The van der Waals surface area contributed by atoms with Crippen molar-refractivity contribution < 1.29 is 23.9 Å². The Kier molecular flexibility index (Phi) is 6.91. The van der Waals surface area contributed by atoms with Gasteiger partial charge in [-0.2, -0.15) is 0 Å². The van der Waals surface area contributed by atoms with Gasteiger partial charge in [-0.05, 0) is 36.0 Å². The van der Waals surface area contributed by atoms with Crippen LogP contribution in [0.2, 0.25) is 0 Å². The van der Waals surface area contributed by atoms with Gasteiger partial charge in [0.1, 0.15) is 18.9 Å². The summed E-state index contributed by atoms with van der Waals surface area (Å²) < 4.78 is 5.46. The molecule has 0 saturated carbocycles. The van der Waals surface area contributed by atoms with Crippen molar-refractivity contribution in [3.63, 3.8) is 0 Å². The number of para-hydroxylation sites is 1. The fourth-order valence-corrected chi connectivity index (χ4v) is 5.05. The maximum absolute atomic E-state index is 13.8. The minimum atomic E-state index is -0.980. The van der Waals surface area contributed by atoms with E-state index in [4.69, 9.17) is 4.74 Å². The molecule has 2 heterocycles. The first-order valence-electron chi connectivity index (χ1n) is 11.9. The maximum Gasteiger partial charge on any atom is 0.410 e. The number of carbonyl (C=O) groups excluding carboxylic acids is 4. The summed E-state index contributed by atoms with van der Waals surface area (Å²) >= 11 is 0. The van der Waals surface area contributed by atoms with E-state index in [9.17, 15) is 19.2 Å². The number of likely N-dealkylation sites (tertiary alicyclic amines) is 1. The molecule has 1 spiro atoms. The van der Waals surface area contributed by atoms with Crippen molar-refractivity contribution in [2.24, 2.45) is 5.92 Å². The molecule has 0 aliphatic carbocycles. The van der Waals surface area contributed by atoms with Gasteiger partial charge in [-0.3, -0.25) is 14.5 Å². The predicted octanol–water partition coefficient (Wildman–Crippen LogP) is 3.36. The monoisotopic (exact) mass is 477 g/mol. The van der Waals surface area contributed by atoms with Gasteiger partial charge in [-0.1, -0.05) is 62.4 Å². The van der Waals surface area contributed by atoms with Crippen LogP contribution in [0.1, 0.15) is 37.8 Å². The molecule has 0 unspecified atom stereocenters. The molecule has 35 heavy (non-hydrogen) atoms. The fraction of sp³-hybridized carbons (Fsp3) is 0.407. The quantitative estimate of drug-likeness (QED) is 0.617. The molecule has 1 saturated heterocycles. The fourth-order valence-electron chi connectivity index (χ4n) is 5.05. The zero-order chi connectivity index (χ0) is 25.2. The molecule has 1 N–H and O–H groups in total. The number of amides is 3. The van der Waals surface area contributed by atoms with E-state index >= 15 is 0 Å². The first kappa shape index (κ1) is 24.4. The van der Waals surface area contributed by atoms with E-state index in [0.29, 0.717) is 12.1 Å². The molecule has 8 heteroatoms. The Labute approximate surface area is 205 Å². The van der Waals surface area contributed by atoms with Crippen LogP contribution < -0.4 is 5.32 Å². The SMILES string of the molecule is CC(C)C[C@@H](C(=O)N1C[C@]2(C[C@H]1C=O)C(=O)Nc1ccccc12)N(C)C(=O)OCc1ccccc1. The van der Waals surface area contributed by atoms with Crippen LogP contribution in [-0.2, 0) is 31.1 Å². The van der Waals surface area contributed by atoms with Crippen molar-refractivity contribution in [3.05, 3.63) is 65.7 Å². The van der Waals surface area contributed by atoms with E-state index < -0.39 is 23.6 Å². The second kappa shape index (κ2) is 9.90. The summed E-state index contributed by atoms with van der Waals surface area (Å²) in [6, 6.07) is 15.1. The molecule has 3 amide bonds. The molecule has 8 nitrogen and oxygen atoms in total. The lowest BCUT2D eigenvalue weighted by atomic mass is 9.80. The third-order valence-electron chi connectivity index (χ3n) is 6.90. The summed E-state index contributed by atoms with van der Waals surface area (Å²) in [5, 5.41) is 2.89. The van der Waals surface area contributed by atoms with Gasteiger partial charge in [0.25, 0.3) is 0 Å². The number of ether oxygens (including phenoxy) is 1. The molecular formula is C27H31N3O5. The molecule has 0 radical (unpaired) electrons. The van der Waals surface area contributed by atoms with Crippen LogP contribution in [0.3, 0.4) is 0 Å². The second-order valence-corrected chi connectivity index (χ2v) is 9.75. The van der Waals surface area contributed by atoms with Gasteiger partial charge in [-0.15, -0.1) is 0 Å². The van der Waals surface area contributed by atoms with Crippen molar-refractivity contribution in [2.75, 3.05) is 18.9 Å². The highest BCUT2D eigenvalue weighted by atomic mass is 16.6. The minimum absolute atomic E-state index is 0.0829. The van der Waals surface area contributed by atoms with Crippen LogP contribution in [0.4, 0.5) is 10.5 Å². The lowest BCUT2D eigenvalue weighted by molar-refractivity contribution is -0.139. The molecular weight excluding hydrogens is 446 g/mol. The van der Waals surface area contributed by atoms with E-state index in [1.54, 1.807) is 0 Å². The van der Waals surface area contributed by atoms with Crippen LogP contribution in [0.25, 0.3) is 0 Å². The van der Waals surface area contributed by atoms with E-state index in [1.165, 1.54) is 16.8 Å². The van der Waals surface area contributed by atoms with Crippen LogP contribution in [0, 0.1) is 5.92 Å². The number of nitrogens with one attached hydrogen (secondary N) is 1. The van der Waals surface area contributed by atoms with Gasteiger partial charge in [0.15, 0.2) is 0 Å². The third-order valence-corrected chi connectivity index (χ3v) is 6.90. The molecule has 2 aromatic rings. The summed E-state index contributed by atoms with van der Waals surface area (Å²) in [6.07, 6.45) is 0.712. The number of nitrogens with zero attached hydrogens (tertiary/aromatic N) is 2. The number of benzene rings is 2. The van der Waals surface area contributed by atoms with Crippen molar-refractivity contribution >= 4 is 29.9 Å². The number of hydrogen-bond acceptors (Lipinski definition) is 5. The van der Waals surface area contributed by atoms with E-state index in [2.05, 4.69) is 5.32 Å². The number of rotatable bonds is 7. The first-order valence-corrected chi connectivity index (χ1v) is 11.9. The Bertz CT molecular complexity index is 1120. The van der Waals surface area contributed by atoms with Crippen molar-refractivity contribution in [2.45, 2.75) is 50.8 Å². The topological polar surface area (TPSA) is 96.0 Å². The van der Waals surface area contributed by atoms with Gasteiger partial charge in [0, 0.05) is 19.3 Å². The molecule has 2 aliphatic heterocycles. The van der Waals surface area contributed by atoms with Crippen molar-refractivity contribution in [1.29, 1.82) is 0 Å². The van der Waals surface area contributed by atoms with Crippen molar-refractivity contribution in [1.82, 2.24) is 9.80 Å². The molecule has 4 rings (SSSR count). The van der Waals surface area contributed by atoms with Gasteiger partial charge in [-0.25, -0.2) is 4.79 Å². The van der Waals surface area contributed by atoms with Crippen LogP contribution in [0.15, 0.2) is 54.6 Å². The Morgan fingerprint density at radius 2 is 1.86 bits per heavy atom. The smallest absolute Gasteiger partial charge is 0.410 e. The Balaban J connectivity index is 1.55. The Morgan fingerprint density at radius 1 is 1.17 bits per heavy atom. The molecule has 184 valence electrons. The average molecular weight is 478 g/mol. The largest absolute Gasteiger partial charge is 0.445 e. The minimum Gasteiger partial charge on any atom is -0.445 e. The van der Waals surface area contributed by atoms with Crippen molar-refractivity contribution in [3.8, 4) is 0 Å². The normalized spacial score (nSPS) is 21.5.